The summed E-state index contributed by atoms with van der Waals surface area (Å²) in [4.78, 5) is 12.4. The van der Waals surface area contributed by atoms with Crippen LogP contribution in [-0.2, 0) is 12.8 Å². The first-order valence-corrected chi connectivity index (χ1v) is 7.94. The molecule has 0 fully saturated rings. The predicted octanol–water partition coefficient (Wildman–Crippen LogP) is 3.75. The molecule has 0 bridgehead atoms. The Hall–Kier alpha value is -2.95. The highest BCUT2D eigenvalue weighted by Gasteiger charge is 2.14. The molecule has 0 aliphatic heterocycles. The van der Waals surface area contributed by atoms with Crippen molar-refractivity contribution in [2.45, 2.75) is 19.3 Å². The van der Waals surface area contributed by atoms with Crippen molar-refractivity contribution >= 4 is 11.6 Å². The van der Waals surface area contributed by atoms with E-state index in [2.05, 4.69) is 16.5 Å². The zero-order chi connectivity index (χ0) is 16.5. The Labute approximate surface area is 138 Å². The van der Waals surface area contributed by atoms with E-state index in [1.165, 1.54) is 29.7 Å². The Morgan fingerprint density at radius 3 is 2.67 bits per heavy atom. The average Bonchev–Trinajstić information content (AvgIpc) is 3.24. The molecule has 0 radical (unpaired) electrons. The monoisotopic (exact) mass is 321 g/mol. The molecular formula is C19H16FN3O. The fourth-order valence-corrected chi connectivity index (χ4v) is 3.03. The molecule has 120 valence electrons. The van der Waals surface area contributed by atoms with Crippen molar-refractivity contribution in [1.82, 2.24) is 9.78 Å². The van der Waals surface area contributed by atoms with E-state index in [0.29, 0.717) is 11.4 Å². The molecule has 5 heteroatoms. The fourth-order valence-electron chi connectivity index (χ4n) is 3.03. The molecule has 1 amide bonds. The second-order valence-corrected chi connectivity index (χ2v) is 5.91. The van der Waals surface area contributed by atoms with Gasteiger partial charge in [-0.25, -0.2) is 9.07 Å². The Kier molecular flexibility index (Phi) is 3.61. The standard InChI is InChI=1S/C19H16FN3O/c20-15-5-8-17(9-6-15)23-11-10-18(22-23)19(24)21-16-7-4-13-2-1-3-14(13)12-16/h4-12H,1-3H2,(H,21,24). The molecule has 1 aromatic heterocycles. The van der Waals surface area contributed by atoms with E-state index in [-0.39, 0.29) is 11.7 Å². The molecule has 3 aromatic rings. The van der Waals surface area contributed by atoms with Crippen molar-refractivity contribution in [2.75, 3.05) is 5.32 Å². The third kappa shape index (κ3) is 2.80. The number of aromatic nitrogens is 2. The summed E-state index contributed by atoms with van der Waals surface area (Å²) in [5.74, 6) is -0.561. The SMILES string of the molecule is O=C(Nc1ccc2c(c1)CCC2)c1ccn(-c2ccc(F)cc2)n1. The van der Waals surface area contributed by atoms with Crippen LogP contribution < -0.4 is 5.32 Å². The smallest absolute Gasteiger partial charge is 0.276 e. The summed E-state index contributed by atoms with van der Waals surface area (Å²) in [7, 11) is 0. The van der Waals surface area contributed by atoms with Gasteiger partial charge < -0.3 is 5.32 Å². The van der Waals surface area contributed by atoms with E-state index in [4.69, 9.17) is 0 Å². The van der Waals surface area contributed by atoms with Crippen molar-refractivity contribution in [3.8, 4) is 5.69 Å². The molecule has 4 nitrogen and oxygen atoms in total. The van der Waals surface area contributed by atoms with Crippen molar-refractivity contribution in [2.24, 2.45) is 0 Å². The van der Waals surface area contributed by atoms with Crippen LogP contribution in [0, 0.1) is 5.82 Å². The molecule has 1 aliphatic carbocycles. The summed E-state index contributed by atoms with van der Waals surface area (Å²) in [5.41, 5.74) is 4.49. The van der Waals surface area contributed by atoms with Gasteiger partial charge in [0, 0.05) is 11.9 Å². The van der Waals surface area contributed by atoms with Crippen LogP contribution >= 0.6 is 0 Å². The summed E-state index contributed by atoms with van der Waals surface area (Å²) < 4.78 is 14.5. The average molecular weight is 321 g/mol. The van der Waals surface area contributed by atoms with E-state index < -0.39 is 0 Å². The number of carbonyl (C=O) groups is 1. The molecule has 0 atom stereocenters. The van der Waals surface area contributed by atoms with Crippen molar-refractivity contribution in [1.29, 1.82) is 0 Å². The maximum Gasteiger partial charge on any atom is 0.276 e. The summed E-state index contributed by atoms with van der Waals surface area (Å²) in [6, 6.07) is 13.6. The highest BCUT2D eigenvalue weighted by Crippen LogP contribution is 2.25. The van der Waals surface area contributed by atoms with Crippen LogP contribution in [0.15, 0.2) is 54.7 Å². The Bertz CT molecular complexity index is 899. The Morgan fingerprint density at radius 2 is 1.83 bits per heavy atom. The summed E-state index contributed by atoms with van der Waals surface area (Å²) in [6.45, 7) is 0. The number of amides is 1. The summed E-state index contributed by atoms with van der Waals surface area (Å²) in [5, 5.41) is 7.15. The molecule has 4 rings (SSSR count). The number of anilines is 1. The van der Waals surface area contributed by atoms with E-state index in [1.807, 2.05) is 12.1 Å². The van der Waals surface area contributed by atoms with Gasteiger partial charge in [0.05, 0.1) is 5.69 Å². The maximum absolute atomic E-state index is 13.0. The second kappa shape index (κ2) is 5.92. The lowest BCUT2D eigenvalue weighted by molar-refractivity contribution is 0.102. The number of rotatable bonds is 3. The Morgan fingerprint density at radius 1 is 1.04 bits per heavy atom. The van der Waals surface area contributed by atoms with Crippen LogP contribution in [-0.4, -0.2) is 15.7 Å². The number of benzene rings is 2. The van der Waals surface area contributed by atoms with Gasteiger partial charge in [-0.05, 0) is 72.9 Å². The molecule has 24 heavy (non-hydrogen) atoms. The minimum absolute atomic E-state index is 0.256. The first-order valence-electron chi connectivity index (χ1n) is 7.94. The highest BCUT2D eigenvalue weighted by molar-refractivity contribution is 6.02. The molecule has 0 spiro atoms. The van der Waals surface area contributed by atoms with E-state index in [0.717, 1.165) is 18.5 Å². The number of hydrogen-bond donors (Lipinski definition) is 1. The zero-order valence-corrected chi connectivity index (χ0v) is 13.0. The first-order chi connectivity index (χ1) is 11.7. The molecule has 2 aromatic carbocycles. The lowest BCUT2D eigenvalue weighted by Gasteiger charge is -2.06. The predicted molar refractivity (Wildman–Crippen MR) is 89.9 cm³/mol. The van der Waals surface area contributed by atoms with E-state index in [1.54, 1.807) is 29.1 Å². The van der Waals surface area contributed by atoms with Crippen LogP contribution in [0.3, 0.4) is 0 Å². The molecule has 0 saturated carbocycles. The van der Waals surface area contributed by atoms with Gasteiger partial charge >= 0.3 is 0 Å². The van der Waals surface area contributed by atoms with E-state index in [9.17, 15) is 9.18 Å². The quantitative estimate of drug-likeness (QED) is 0.798. The van der Waals surface area contributed by atoms with Gasteiger partial charge in [0.15, 0.2) is 5.69 Å². The Balaban J connectivity index is 1.52. The van der Waals surface area contributed by atoms with Gasteiger partial charge in [-0.2, -0.15) is 5.10 Å². The fraction of sp³-hybridized carbons (Fsp3) is 0.158. The molecular weight excluding hydrogens is 305 g/mol. The van der Waals surface area contributed by atoms with Crippen molar-refractivity contribution in [3.05, 3.63) is 77.4 Å². The van der Waals surface area contributed by atoms with Crippen LogP contribution in [0.2, 0.25) is 0 Å². The molecule has 0 unspecified atom stereocenters. The van der Waals surface area contributed by atoms with Gasteiger partial charge in [0.1, 0.15) is 5.82 Å². The zero-order valence-electron chi connectivity index (χ0n) is 13.0. The number of hydrogen-bond acceptors (Lipinski definition) is 2. The third-order valence-electron chi connectivity index (χ3n) is 4.27. The number of nitrogens with one attached hydrogen (secondary N) is 1. The van der Waals surface area contributed by atoms with E-state index >= 15 is 0 Å². The lowest BCUT2D eigenvalue weighted by atomic mass is 10.1. The summed E-state index contributed by atoms with van der Waals surface area (Å²) in [6.07, 6.45) is 5.05. The van der Waals surface area contributed by atoms with Gasteiger partial charge in [-0.15, -0.1) is 0 Å². The lowest BCUT2D eigenvalue weighted by Crippen LogP contribution is -2.13. The number of halogens is 1. The number of nitrogens with zero attached hydrogens (tertiary/aromatic N) is 2. The highest BCUT2D eigenvalue weighted by atomic mass is 19.1. The normalized spacial score (nSPS) is 12.9. The first kappa shape index (κ1) is 14.6. The maximum atomic E-state index is 13.0. The van der Waals surface area contributed by atoms with Crippen LogP contribution in [0.5, 0.6) is 0 Å². The third-order valence-corrected chi connectivity index (χ3v) is 4.27. The van der Waals surface area contributed by atoms with Gasteiger partial charge in [-0.1, -0.05) is 6.07 Å². The minimum Gasteiger partial charge on any atom is -0.321 e. The molecule has 1 aliphatic rings. The van der Waals surface area contributed by atoms with Crippen LogP contribution in [0.1, 0.15) is 28.0 Å². The largest absolute Gasteiger partial charge is 0.321 e. The number of fused-ring (bicyclic) bond motifs is 1. The second-order valence-electron chi connectivity index (χ2n) is 5.91. The van der Waals surface area contributed by atoms with Crippen molar-refractivity contribution < 1.29 is 9.18 Å². The molecule has 1 heterocycles. The molecule has 1 N–H and O–H groups in total. The van der Waals surface area contributed by atoms with Gasteiger partial charge in [-0.3, -0.25) is 4.79 Å². The van der Waals surface area contributed by atoms with Gasteiger partial charge in [0.25, 0.3) is 5.91 Å². The minimum atomic E-state index is -0.305. The molecule has 0 saturated heterocycles. The van der Waals surface area contributed by atoms with Crippen LogP contribution in [0.25, 0.3) is 5.69 Å². The van der Waals surface area contributed by atoms with Gasteiger partial charge in [0.2, 0.25) is 0 Å². The summed E-state index contributed by atoms with van der Waals surface area (Å²) >= 11 is 0. The topological polar surface area (TPSA) is 46.9 Å². The number of carbonyl (C=O) groups excluding carboxylic acids is 1. The van der Waals surface area contributed by atoms with Crippen molar-refractivity contribution in [3.63, 3.8) is 0 Å². The number of aryl methyl sites for hydroxylation is 2. The van der Waals surface area contributed by atoms with Crippen LogP contribution in [0.4, 0.5) is 10.1 Å².